The molecule has 4 nitrogen and oxygen atoms in total. The Morgan fingerprint density at radius 2 is 2.06 bits per heavy atom. The Morgan fingerprint density at radius 1 is 1.31 bits per heavy atom. The van der Waals surface area contributed by atoms with Crippen LogP contribution in [0.1, 0.15) is 18.4 Å². The summed E-state index contributed by atoms with van der Waals surface area (Å²) >= 11 is 0. The van der Waals surface area contributed by atoms with Gasteiger partial charge < -0.3 is 5.73 Å². The molecule has 0 aromatic heterocycles. The Labute approximate surface area is 94.9 Å². The van der Waals surface area contributed by atoms with Gasteiger partial charge in [0.05, 0.1) is 18.7 Å². The first-order valence-electron chi connectivity index (χ1n) is 5.56. The second-order valence-corrected chi connectivity index (χ2v) is 3.83. The molecule has 1 aromatic carbocycles. The SMILES string of the molecule is NCCCc1ccc(N2OCCC2=O)cc1. The highest BCUT2D eigenvalue weighted by atomic mass is 16.7. The van der Waals surface area contributed by atoms with Crippen molar-refractivity contribution in [1.82, 2.24) is 0 Å². The summed E-state index contributed by atoms with van der Waals surface area (Å²) in [6, 6.07) is 7.85. The zero-order valence-electron chi connectivity index (χ0n) is 9.19. The van der Waals surface area contributed by atoms with Crippen LogP contribution in [-0.2, 0) is 16.1 Å². The van der Waals surface area contributed by atoms with E-state index in [2.05, 4.69) is 0 Å². The molecule has 0 unspecified atom stereocenters. The van der Waals surface area contributed by atoms with Gasteiger partial charge in [0, 0.05) is 0 Å². The molecule has 2 N–H and O–H groups in total. The predicted molar refractivity (Wildman–Crippen MR) is 61.9 cm³/mol. The van der Waals surface area contributed by atoms with Crippen LogP contribution in [0.3, 0.4) is 0 Å². The molecule has 86 valence electrons. The zero-order valence-corrected chi connectivity index (χ0v) is 9.19. The van der Waals surface area contributed by atoms with Crippen LogP contribution >= 0.6 is 0 Å². The van der Waals surface area contributed by atoms with Crippen LogP contribution in [0.25, 0.3) is 0 Å². The number of aryl methyl sites for hydroxylation is 1. The maximum Gasteiger partial charge on any atom is 0.253 e. The van der Waals surface area contributed by atoms with Gasteiger partial charge >= 0.3 is 0 Å². The first-order valence-corrected chi connectivity index (χ1v) is 5.56. The highest BCUT2D eigenvalue weighted by molar-refractivity contribution is 5.92. The minimum atomic E-state index is 0.0229. The molecule has 1 fully saturated rings. The van der Waals surface area contributed by atoms with E-state index in [0.717, 1.165) is 18.5 Å². The van der Waals surface area contributed by atoms with Crippen LogP contribution in [0.15, 0.2) is 24.3 Å². The molecule has 4 heteroatoms. The fourth-order valence-electron chi connectivity index (χ4n) is 1.72. The summed E-state index contributed by atoms with van der Waals surface area (Å²) in [5, 5.41) is 1.37. The van der Waals surface area contributed by atoms with Crippen LogP contribution in [-0.4, -0.2) is 19.1 Å². The molecule has 1 saturated heterocycles. The van der Waals surface area contributed by atoms with E-state index in [9.17, 15) is 4.79 Å². The third-order valence-corrected chi connectivity index (χ3v) is 2.60. The van der Waals surface area contributed by atoms with Crippen LogP contribution in [0.4, 0.5) is 5.69 Å². The first-order chi connectivity index (χ1) is 7.81. The number of hydrogen-bond donors (Lipinski definition) is 1. The Hall–Kier alpha value is -1.39. The van der Waals surface area contributed by atoms with E-state index in [-0.39, 0.29) is 5.91 Å². The van der Waals surface area contributed by atoms with E-state index >= 15 is 0 Å². The maximum absolute atomic E-state index is 11.4. The van der Waals surface area contributed by atoms with Gasteiger partial charge in [0.1, 0.15) is 0 Å². The quantitative estimate of drug-likeness (QED) is 0.830. The third kappa shape index (κ3) is 2.40. The minimum absolute atomic E-state index is 0.0229. The van der Waals surface area contributed by atoms with Crippen molar-refractivity contribution in [2.75, 3.05) is 18.2 Å². The molecule has 0 bridgehead atoms. The van der Waals surface area contributed by atoms with E-state index < -0.39 is 0 Å². The van der Waals surface area contributed by atoms with Crippen LogP contribution in [0.2, 0.25) is 0 Å². The topological polar surface area (TPSA) is 55.6 Å². The number of carbonyl (C=O) groups is 1. The van der Waals surface area contributed by atoms with Crippen LogP contribution < -0.4 is 10.8 Å². The van der Waals surface area contributed by atoms with E-state index in [4.69, 9.17) is 10.6 Å². The van der Waals surface area contributed by atoms with Crippen LogP contribution in [0, 0.1) is 0 Å². The molecular formula is C12H16N2O2. The highest BCUT2D eigenvalue weighted by Gasteiger charge is 2.22. The Kier molecular flexibility index (Phi) is 3.54. The van der Waals surface area contributed by atoms with Crippen molar-refractivity contribution in [3.8, 4) is 0 Å². The lowest BCUT2D eigenvalue weighted by Crippen LogP contribution is -2.22. The van der Waals surface area contributed by atoms with Gasteiger partial charge in [0.15, 0.2) is 0 Å². The smallest absolute Gasteiger partial charge is 0.253 e. The van der Waals surface area contributed by atoms with Gasteiger partial charge in [-0.25, -0.2) is 0 Å². The number of carbonyl (C=O) groups excluding carboxylic acids is 1. The standard InChI is InChI=1S/C12H16N2O2/c13-8-1-2-10-3-5-11(6-4-10)14-12(15)7-9-16-14/h3-6H,1-2,7-9,13H2. The number of anilines is 1. The number of benzene rings is 1. The lowest BCUT2D eigenvalue weighted by atomic mass is 10.1. The summed E-state index contributed by atoms with van der Waals surface area (Å²) in [5.41, 5.74) is 7.49. The number of amides is 1. The van der Waals surface area contributed by atoms with Crippen molar-refractivity contribution in [2.24, 2.45) is 5.73 Å². The van der Waals surface area contributed by atoms with Gasteiger partial charge in [-0.1, -0.05) is 12.1 Å². The summed E-state index contributed by atoms with van der Waals surface area (Å²) in [6.07, 6.45) is 2.43. The first kappa shape index (κ1) is 11.1. The van der Waals surface area contributed by atoms with Gasteiger partial charge in [0.25, 0.3) is 5.91 Å². The second-order valence-electron chi connectivity index (χ2n) is 3.83. The van der Waals surface area contributed by atoms with Crippen molar-refractivity contribution < 1.29 is 9.63 Å². The van der Waals surface area contributed by atoms with Crippen molar-refractivity contribution in [2.45, 2.75) is 19.3 Å². The van der Waals surface area contributed by atoms with E-state index in [0.29, 0.717) is 19.6 Å². The molecule has 2 rings (SSSR count). The summed E-state index contributed by atoms with van der Waals surface area (Å²) in [6.45, 7) is 1.18. The minimum Gasteiger partial charge on any atom is -0.330 e. The summed E-state index contributed by atoms with van der Waals surface area (Å²) < 4.78 is 0. The molecule has 0 saturated carbocycles. The number of nitrogens with zero attached hydrogens (tertiary/aromatic N) is 1. The molecule has 0 radical (unpaired) electrons. The van der Waals surface area contributed by atoms with Crippen LogP contribution in [0.5, 0.6) is 0 Å². The number of nitrogens with two attached hydrogens (primary N) is 1. The molecule has 1 amide bonds. The molecule has 0 aliphatic carbocycles. The van der Waals surface area contributed by atoms with Crippen molar-refractivity contribution in [1.29, 1.82) is 0 Å². The van der Waals surface area contributed by atoms with Crippen molar-refractivity contribution in [3.05, 3.63) is 29.8 Å². The Balaban J connectivity index is 2.04. The molecule has 0 spiro atoms. The fourth-order valence-corrected chi connectivity index (χ4v) is 1.72. The normalized spacial score (nSPS) is 15.8. The zero-order chi connectivity index (χ0) is 11.4. The summed E-state index contributed by atoms with van der Waals surface area (Å²) in [4.78, 5) is 16.7. The van der Waals surface area contributed by atoms with Gasteiger partial charge in [-0.15, -0.1) is 0 Å². The molecule has 1 heterocycles. The van der Waals surface area contributed by atoms with Gasteiger partial charge in [-0.3, -0.25) is 9.63 Å². The lowest BCUT2D eigenvalue weighted by Gasteiger charge is -2.14. The van der Waals surface area contributed by atoms with Crippen molar-refractivity contribution in [3.63, 3.8) is 0 Å². The third-order valence-electron chi connectivity index (χ3n) is 2.60. The molecular weight excluding hydrogens is 204 g/mol. The molecule has 0 atom stereocenters. The number of hydroxylamine groups is 1. The van der Waals surface area contributed by atoms with E-state index in [1.807, 2.05) is 24.3 Å². The molecule has 1 aliphatic rings. The monoisotopic (exact) mass is 220 g/mol. The molecule has 16 heavy (non-hydrogen) atoms. The highest BCUT2D eigenvalue weighted by Crippen LogP contribution is 2.20. The largest absolute Gasteiger partial charge is 0.330 e. The Morgan fingerprint density at radius 3 is 2.62 bits per heavy atom. The molecule has 1 aromatic rings. The second kappa shape index (κ2) is 5.09. The Bertz CT molecular complexity index is 362. The predicted octanol–water partition coefficient (Wildman–Crippen LogP) is 1.25. The lowest BCUT2D eigenvalue weighted by molar-refractivity contribution is -0.119. The fraction of sp³-hybridized carbons (Fsp3) is 0.417. The van der Waals surface area contributed by atoms with Gasteiger partial charge in [-0.05, 0) is 37.1 Å². The number of rotatable bonds is 4. The molecule has 1 aliphatic heterocycles. The average Bonchev–Trinajstić information content (AvgIpc) is 2.74. The summed E-state index contributed by atoms with van der Waals surface area (Å²) in [7, 11) is 0. The van der Waals surface area contributed by atoms with E-state index in [1.54, 1.807) is 0 Å². The van der Waals surface area contributed by atoms with Gasteiger partial charge in [-0.2, -0.15) is 5.06 Å². The maximum atomic E-state index is 11.4. The van der Waals surface area contributed by atoms with E-state index in [1.165, 1.54) is 10.6 Å². The van der Waals surface area contributed by atoms with Crippen molar-refractivity contribution >= 4 is 11.6 Å². The summed E-state index contributed by atoms with van der Waals surface area (Å²) in [5.74, 6) is 0.0229. The number of hydrogen-bond acceptors (Lipinski definition) is 3. The van der Waals surface area contributed by atoms with Gasteiger partial charge in [0.2, 0.25) is 0 Å². The average molecular weight is 220 g/mol.